The van der Waals surface area contributed by atoms with Gasteiger partial charge in [-0.05, 0) is 62.6 Å². The summed E-state index contributed by atoms with van der Waals surface area (Å²) in [6.07, 6.45) is 4.92. The second kappa shape index (κ2) is 4.68. The van der Waals surface area contributed by atoms with Crippen LogP contribution in [-0.4, -0.2) is 11.0 Å². The second-order valence-electron chi connectivity index (χ2n) is 6.24. The highest BCUT2D eigenvalue weighted by Gasteiger charge is 2.26. The molecule has 102 valence electrons. The van der Waals surface area contributed by atoms with Crippen molar-refractivity contribution in [2.24, 2.45) is 11.7 Å². The minimum Gasteiger partial charge on any atom is -0.358 e. The van der Waals surface area contributed by atoms with E-state index in [0.717, 1.165) is 6.42 Å². The third-order valence-corrected chi connectivity index (χ3v) is 4.87. The van der Waals surface area contributed by atoms with Crippen LogP contribution in [0.3, 0.4) is 0 Å². The highest BCUT2D eigenvalue weighted by atomic mass is 14.7. The van der Waals surface area contributed by atoms with Gasteiger partial charge in [0.1, 0.15) is 0 Å². The zero-order valence-corrected chi connectivity index (χ0v) is 12.2. The summed E-state index contributed by atoms with van der Waals surface area (Å²) in [6.45, 7) is 6.60. The summed E-state index contributed by atoms with van der Waals surface area (Å²) in [5, 5.41) is 1.44. The predicted molar refractivity (Wildman–Crippen MR) is 81.5 cm³/mol. The molecule has 0 spiro atoms. The van der Waals surface area contributed by atoms with Crippen LogP contribution in [0, 0.1) is 26.7 Å². The van der Waals surface area contributed by atoms with E-state index in [1.165, 1.54) is 52.5 Å². The van der Waals surface area contributed by atoms with E-state index in [1.54, 1.807) is 0 Å². The van der Waals surface area contributed by atoms with Gasteiger partial charge in [0.15, 0.2) is 0 Å². The summed E-state index contributed by atoms with van der Waals surface area (Å²) in [7, 11) is 0. The van der Waals surface area contributed by atoms with Gasteiger partial charge in [0.05, 0.1) is 0 Å². The Morgan fingerprint density at radius 3 is 2.58 bits per heavy atom. The first-order valence-corrected chi connectivity index (χ1v) is 7.41. The molecule has 2 nitrogen and oxygen atoms in total. The predicted octanol–water partition coefficient (Wildman–Crippen LogP) is 3.76. The van der Waals surface area contributed by atoms with Crippen molar-refractivity contribution in [2.45, 2.75) is 52.5 Å². The molecule has 19 heavy (non-hydrogen) atoms. The van der Waals surface area contributed by atoms with E-state index >= 15 is 0 Å². The molecule has 1 saturated carbocycles. The van der Waals surface area contributed by atoms with Crippen molar-refractivity contribution in [3.05, 3.63) is 34.5 Å². The number of H-pyrrole nitrogens is 1. The molecule has 3 N–H and O–H groups in total. The maximum Gasteiger partial charge on any atom is 0.0491 e. The third kappa shape index (κ3) is 2.08. The maximum absolute atomic E-state index is 6.25. The summed E-state index contributed by atoms with van der Waals surface area (Å²) in [5.74, 6) is 0.664. The van der Waals surface area contributed by atoms with Crippen molar-refractivity contribution < 1.29 is 0 Å². The SMILES string of the molecule is Cc1[nH]c2c(C)ccc(C)c2c1CC1CCCC1N. The molecule has 0 saturated heterocycles. The average molecular weight is 256 g/mol. The molecule has 0 radical (unpaired) electrons. The van der Waals surface area contributed by atoms with Crippen LogP contribution >= 0.6 is 0 Å². The molecule has 0 bridgehead atoms. The molecule has 1 aliphatic carbocycles. The Balaban J connectivity index is 2.07. The summed E-state index contributed by atoms with van der Waals surface area (Å²) < 4.78 is 0. The van der Waals surface area contributed by atoms with Gasteiger partial charge in [-0.1, -0.05) is 18.6 Å². The maximum atomic E-state index is 6.25. The number of benzene rings is 1. The standard InChI is InChI=1S/C17H24N2/c1-10-7-8-11(2)17-16(10)14(12(3)19-17)9-13-5-4-6-15(13)18/h7-8,13,15,19H,4-6,9,18H2,1-3H3. The fourth-order valence-corrected chi connectivity index (χ4v) is 3.65. The normalized spacial score (nSPS) is 23.4. The number of aromatic amines is 1. The Morgan fingerprint density at radius 2 is 1.89 bits per heavy atom. The molecule has 2 atom stereocenters. The average Bonchev–Trinajstić information content (AvgIpc) is 2.91. The molecule has 1 aromatic carbocycles. The van der Waals surface area contributed by atoms with Crippen molar-refractivity contribution in [2.75, 3.05) is 0 Å². The number of nitrogens with two attached hydrogens (primary N) is 1. The van der Waals surface area contributed by atoms with Crippen LogP contribution in [0.4, 0.5) is 0 Å². The van der Waals surface area contributed by atoms with Crippen molar-refractivity contribution in [3.63, 3.8) is 0 Å². The molecule has 1 fully saturated rings. The Bertz CT molecular complexity index is 609. The Hall–Kier alpha value is -1.28. The Kier molecular flexibility index (Phi) is 3.14. The van der Waals surface area contributed by atoms with Gasteiger partial charge in [-0.3, -0.25) is 0 Å². The Morgan fingerprint density at radius 1 is 1.16 bits per heavy atom. The molecular weight excluding hydrogens is 232 g/mol. The first-order chi connectivity index (χ1) is 9.08. The van der Waals surface area contributed by atoms with Gasteiger partial charge in [0, 0.05) is 22.6 Å². The van der Waals surface area contributed by atoms with Gasteiger partial charge >= 0.3 is 0 Å². The first-order valence-electron chi connectivity index (χ1n) is 7.41. The summed E-state index contributed by atoms with van der Waals surface area (Å²) >= 11 is 0. The summed E-state index contributed by atoms with van der Waals surface area (Å²) in [4.78, 5) is 3.58. The van der Waals surface area contributed by atoms with E-state index in [0.29, 0.717) is 12.0 Å². The lowest BCUT2D eigenvalue weighted by molar-refractivity contribution is 0.479. The van der Waals surface area contributed by atoms with Crippen molar-refractivity contribution >= 4 is 10.9 Å². The Labute approximate surface area is 115 Å². The molecule has 1 heterocycles. The highest BCUT2D eigenvalue weighted by molar-refractivity contribution is 5.90. The lowest BCUT2D eigenvalue weighted by Gasteiger charge is -2.16. The van der Waals surface area contributed by atoms with Crippen LogP contribution in [0.5, 0.6) is 0 Å². The smallest absolute Gasteiger partial charge is 0.0491 e. The van der Waals surface area contributed by atoms with E-state index in [1.807, 2.05) is 0 Å². The number of aromatic nitrogens is 1. The quantitative estimate of drug-likeness (QED) is 0.844. The fourth-order valence-electron chi connectivity index (χ4n) is 3.65. The zero-order valence-electron chi connectivity index (χ0n) is 12.2. The monoisotopic (exact) mass is 256 g/mol. The first kappa shape index (κ1) is 12.7. The summed E-state index contributed by atoms with van der Waals surface area (Å²) in [6, 6.07) is 4.84. The molecule has 2 aromatic rings. The molecule has 1 aliphatic rings. The van der Waals surface area contributed by atoms with Gasteiger partial charge in [-0.2, -0.15) is 0 Å². The van der Waals surface area contributed by atoms with Crippen LogP contribution in [0.25, 0.3) is 10.9 Å². The van der Waals surface area contributed by atoms with Gasteiger partial charge < -0.3 is 10.7 Å². The number of nitrogens with one attached hydrogen (secondary N) is 1. The van der Waals surface area contributed by atoms with Crippen LogP contribution in [0.1, 0.15) is 41.6 Å². The molecule has 1 aromatic heterocycles. The van der Waals surface area contributed by atoms with Crippen molar-refractivity contribution in [3.8, 4) is 0 Å². The third-order valence-electron chi connectivity index (χ3n) is 4.87. The minimum absolute atomic E-state index is 0.398. The van der Waals surface area contributed by atoms with Crippen molar-refractivity contribution in [1.29, 1.82) is 0 Å². The van der Waals surface area contributed by atoms with E-state index in [2.05, 4.69) is 37.9 Å². The molecular formula is C17H24N2. The van der Waals surface area contributed by atoms with Gasteiger partial charge in [0.25, 0.3) is 0 Å². The van der Waals surface area contributed by atoms with Gasteiger partial charge in [0.2, 0.25) is 0 Å². The lowest BCUT2D eigenvalue weighted by atomic mass is 9.92. The largest absolute Gasteiger partial charge is 0.358 e. The van der Waals surface area contributed by atoms with E-state index in [9.17, 15) is 0 Å². The molecule has 0 amide bonds. The lowest BCUT2D eigenvalue weighted by Crippen LogP contribution is -2.26. The summed E-state index contributed by atoms with van der Waals surface area (Å²) in [5.41, 5.74) is 13.1. The van der Waals surface area contributed by atoms with Crippen LogP contribution in [-0.2, 0) is 6.42 Å². The zero-order chi connectivity index (χ0) is 13.6. The van der Waals surface area contributed by atoms with E-state index in [4.69, 9.17) is 5.73 Å². The van der Waals surface area contributed by atoms with Crippen LogP contribution in [0.2, 0.25) is 0 Å². The number of hydrogen-bond acceptors (Lipinski definition) is 1. The van der Waals surface area contributed by atoms with Crippen LogP contribution in [0.15, 0.2) is 12.1 Å². The van der Waals surface area contributed by atoms with Gasteiger partial charge in [-0.15, -0.1) is 0 Å². The van der Waals surface area contributed by atoms with Crippen molar-refractivity contribution in [1.82, 2.24) is 4.98 Å². The molecule has 2 heteroatoms. The van der Waals surface area contributed by atoms with E-state index in [-0.39, 0.29) is 0 Å². The topological polar surface area (TPSA) is 41.8 Å². The molecule has 0 aliphatic heterocycles. The molecule has 2 unspecified atom stereocenters. The fraction of sp³-hybridized carbons (Fsp3) is 0.529. The highest BCUT2D eigenvalue weighted by Crippen LogP contribution is 2.34. The van der Waals surface area contributed by atoms with E-state index < -0.39 is 0 Å². The minimum atomic E-state index is 0.398. The second-order valence-corrected chi connectivity index (χ2v) is 6.24. The van der Waals surface area contributed by atoms with Crippen LogP contribution < -0.4 is 5.73 Å². The number of rotatable bonds is 2. The molecule has 3 rings (SSSR count). The number of fused-ring (bicyclic) bond motifs is 1. The number of hydrogen-bond donors (Lipinski definition) is 2. The van der Waals surface area contributed by atoms with Gasteiger partial charge in [-0.25, -0.2) is 0 Å². The number of aryl methyl sites for hydroxylation is 3.